The van der Waals surface area contributed by atoms with Crippen LogP contribution in [-0.2, 0) is 4.79 Å². The molecule has 1 heterocycles. The molecule has 1 saturated heterocycles. The van der Waals surface area contributed by atoms with Crippen molar-refractivity contribution in [3.63, 3.8) is 0 Å². The number of carbonyl (C=O) groups excluding carboxylic acids is 1. The lowest BCUT2D eigenvalue weighted by atomic mass is 9.98. The fourth-order valence-electron chi connectivity index (χ4n) is 2.28. The summed E-state index contributed by atoms with van der Waals surface area (Å²) in [6.45, 7) is 5.40. The van der Waals surface area contributed by atoms with E-state index in [0.717, 1.165) is 37.1 Å². The molecule has 0 saturated carbocycles. The van der Waals surface area contributed by atoms with Crippen LogP contribution in [0.25, 0.3) is 0 Å². The van der Waals surface area contributed by atoms with E-state index >= 15 is 0 Å². The number of rotatable bonds is 2. The van der Waals surface area contributed by atoms with E-state index in [1.807, 2.05) is 26.0 Å². The smallest absolute Gasteiger partial charge is 0.228 e. The van der Waals surface area contributed by atoms with Crippen LogP contribution in [0.4, 0.5) is 5.69 Å². The Morgan fingerprint density at radius 2 is 2.22 bits per heavy atom. The monoisotopic (exact) mass is 248 g/mol. The van der Waals surface area contributed by atoms with E-state index in [4.69, 9.17) is 0 Å². The van der Waals surface area contributed by atoms with E-state index in [9.17, 15) is 9.90 Å². The summed E-state index contributed by atoms with van der Waals surface area (Å²) < 4.78 is 0. The molecule has 98 valence electrons. The topological polar surface area (TPSA) is 61.4 Å². The van der Waals surface area contributed by atoms with Crippen LogP contribution in [0.1, 0.15) is 24.0 Å². The predicted molar refractivity (Wildman–Crippen MR) is 71.8 cm³/mol. The molecule has 1 atom stereocenters. The van der Waals surface area contributed by atoms with Crippen molar-refractivity contribution in [2.75, 3.05) is 18.4 Å². The van der Waals surface area contributed by atoms with Gasteiger partial charge < -0.3 is 15.7 Å². The number of carbonyl (C=O) groups is 1. The Labute approximate surface area is 107 Å². The Balaban J connectivity index is 2.09. The lowest BCUT2D eigenvalue weighted by Crippen LogP contribution is -2.37. The zero-order valence-electron chi connectivity index (χ0n) is 10.9. The van der Waals surface area contributed by atoms with Crippen LogP contribution in [0.15, 0.2) is 12.1 Å². The van der Waals surface area contributed by atoms with Gasteiger partial charge in [0.05, 0.1) is 5.92 Å². The average molecular weight is 248 g/mol. The third-order valence-corrected chi connectivity index (χ3v) is 3.56. The number of hydrogen-bond donors (Lipinski definition) is 3. The van der Waals surface area contributed by atoms with Crippen molar-refractivity contribution in [2.24, 2.45) is 5.92 Å². The summed E-state index contributed by atoms with van der Waals surface area (Å²) in [7, 11) is 0. The maximum atomic E-state index is 12.1. The van der Waals surface area contributed by atoms with Crippen molar-refractivity contribution < 1.29 is 9.90 Å². The van der Waals surface area contributed by atoms with E-state index in [2.05, 4.69) is 10.6 Å². The predicted octanol–water partition coefficient (Wildman–Crippen LogP) is 1.95. The molecule has 1 aromatic carbocycles. The number of piperidine rings is 1. The molecule has 0 aromatic heterocycles. The third kappa shape index (κ3) is 2.64. The zero-order valence-corrected chi connectivity index (χ0v) is 10.9. The minimum absolute atomic E-state index is 0.0293. The molecule has 18 heavy (non-hydrogen) atoms. The number of hydrogen-bond acceptors (Lipinski definition) is 3. The molecule has 1 unspecified atom stereocenters. The first-order chi connectivity index (χ1) is 8.59. The maximum Gasteiger partial charge on any atom is 0.228 e. The molecule has 0 bridgehead atoms. The van der Waals surface area contributed by atoms with Gasteiger partial charge in [0.25, 0.3) is 0 Å². The van der Waals surface area contributed by atoms with E-state index in [1.165, 1.54) is 0 Å². The van der Waals surface area contributed by atoms with Crippen LogP contribution in [0.2, 0.25) is 0 Å². The molecule has 4 heteroatoms. The number of amides is 1. The van der Waals surface area contributed by atoms with Crippen LogP contribution in [-0.4, -0.2) is 24.1 Å². The first kappa shape index (κ1) is 12.9. The quantitative estimate of drug-likeness (QED) is 0.749. The van der Waals surface area contributed by atoms with Gasteiger partial charge in [-0.25, -0.2) is 0 Å². The molecule has 0 spiro atoms. The van der Waals surface area contributed by atoms with Crippen molar-refractivity contribution in [3.05, 3.63) is 23.3 Å². The summed E-state index contributed by atoms with van der Waals surface area (Å²) in [5, 5.41) is 16.0. The summed E-state index contributed by atoms with van der Waals surface area (Å²) in [5.74, 6) is 0.324. The van der Waals surface area contributed by atoms with Gasteiger partial charge in [-0.15, -0.1) is 0 Å². The molecule has 1 aliphatic heterocycles. The molecule has 0 aliphatic carbocycles. The molecule has 2 rings (SSSR count). The number of phenols is 1. The highest BCUT2D eigenvalue weighted by Gasteiger charge is 2.21. The molecule has 0 radical (unpaired) electrons. The summed E-state index contributed by atoms with van der Waals surface area (Å²) >= 11 is 0. The molecular formula is C14H20N2O2. The second-order valence-corrected chi connectivity index (χ2v) is 4.94. The van der Waals surface area contributed by atoms with Crippen molar-refractivity contribution >= 4 is 11.6 Å². The van der Waals surface area contributed by atoms with Crippen molar-refractivity contribution in [1.29, 1.82) is 0 Å². The largest absolute Gasteiger partial charge is 0.507 e. The molecule has 1 aromatic rings. The average Bonchev–Trinajstić information content (AvgIpc) is 2.40. The summed E-state index contributed by atoms with van der Waals surface area (Å²) in [6.07, 6.45) is 1.96. The number of anilines is 1. The van der Waals surface area contributed by atoms with Gasteiger partial charge in [0.2, 0.25) is 5.91 Å². The third-order valence-electron chi connectivity index (χ3n) is 3.56. The fourth-order valence-corrected chi connectivity index (χ4v) is 2.28. The van der Waals surface area contributed by atoms with Gasteiger partial charge in [-0.2, -0.15) is 0 Å². The highest BCUT2D eigenvalue weighted by atomic mass is 16.3. The molecule has 1 aliphatic rings. The maximum absolute atomic E-state index is 12.1. The van der Waals surface area contributed by atoms with Gasteiger partial charge in [0, 0.05) is 17.8 Å². The van der Waals surface area contributed by atoms with Crippen LogP contribution in [0, 0.1) is 19.8 Å². The van der Waals surface area contributed by atoms with E-state index in [1.54, 1.807) is 0 Å². The van der Waals surface area contributed by atoms with Crippen LogP contribution in [0.3, 0.4) is 0 Å². The van der Waals surface area contributed by atoms with Crippen molar-refractivity contribution in [2.45, 2.75) is 26.7 Å². The van der Waals surface area contributed by atoms with E-state index in [-0.39, 0.29) is 17.6 Å². The lowest BCUT2D eigenvalue weighted by Gasteiger charge is -2.22. The number of aryl methyl sites for hydroxylation is 1. The number of aromatic hydroxyl groups is 1. The second-order valence-electron chi connectivity index (χ2n) is 4.94. The Morgan fingerprint density at radius 1 is 1.44 bits per heavy atom. The number of benzene rings is 1. The SMILES string of the molecule is Cc1ccc(NC(=O)C2CCCNC2)c(C)c1O. The number of phenolic OH excluding ortho intramolecular Hbond substituents is 1. The zero-order chi connectivity index (χ0) is 13.1. The van der Waals surface area contributed by atoms with Crippen LogP contribution < -0.4 is 10.6 Å². The molecule has 4 nitrogen and oxygen atoms in total. The lowest BCUT2D eigenvalue weighted by molar-refractivity contribution is -0.120. The fraction of sp³-hybridized carbons (Fsp3) is 0.500. The first-order valence-corrected chi connectivity index (χ1v) is 6.40. The van der Waals surface area contributed by atoms with Gasteiger partial charge in [0.15, 0.2) is 0 Å². The highest BCUT2D eigenvalue weighted by Crippen LogP contribution is 2.28. The Hall–Kier alpha value is -1.55. The highest BCUT2D eigenvalue weighted by molar-refractivity contribution is 5.93. The Kier molecular flexibility index (Phi) is 3.87. The summed E-state index contributed by atoms with van der Waals surface area (Å²) in [4.78, 5) is 12.1. The molecular weight excluding hydrogens is 228 g/mol. The van der Waals surface area contributed by atoms with E-state index < -0.39 is 0 Å². The van der Waals surface area contributed by atoms with Gasteiger partial charge in [0.1, 0.15) is 5.75 Å². The van der Waals surface area contributed by atoms with Gasteiger partial charge >= 0.3 is 0 Å². The second kappa shape index (κ2) is 5.40. The minimum atomic E-state index is 0.0293. The number of nitrogens with one attached hydrogen (secondary N) is 2. The molecule has 3 N–H and O–H groups in total. The minimum Gasteiger partial charge on any atom is -0.507 e. The van der Waals surface area contributed by atoms with E-state index in [0.29, 0.717) is 5.69 Å². The summed E-state index contributed by atoms with van der Waals surface area (Å²) in [5.41, 5.74) is 2.26. The van der Waals surface area contributed by atoms with Crippen molar-refractivity contribution in [1.82, 2.24) is 5.32 Å². The normalized spacial score (nSPS) is 19.6. The summed E-state index contributed by atoms with van der Waals surface area (Å²) in [6, 6.07) is 3.66. The first-order valence-electron chi connectivity index (χ1n) is 6.40. The van der Waals surface area contributed by atoms with Crippen LogP contribution >= 0.6 is 0 Å². The Bertz CT molecular complexity index is 451. The standard InChI is InChI=1S/C14H20N2O2/c1-9-5-6-12(10(2)13(9)17)16-14(18)11-4-3-7-15-8-11/h5-6,11,15,17H,3-4,7-8H2,1-2H3,(H,16,18). The van der Waals surface area contributed by atoms with Crippen molar-refractivity contribution in [3.8, 4) is 5.75 Å². The van der Waals surface area contributed by atoms with Crippen LogP contribution in [0.5, 0.6) is 5.75 Å². The van der Waals surface area contributed by atoms with Gasteiger partial charge in [-0.1, -0.05) is 6.07 Å². The van der Waals surface area contributed by atoms with Gasteiger partial charge in [-0.05, 0) is 44.9 Å². The Morgan fingerprint density at radius 3 is 2.89 bits per heavy atom. The van der Waals surface area contributed by atoms with Gasteiger partial charge in [-0.3, -0.25) is 4.79 Å². The molecule has 1 amide bonds. The molecule has 1 fully saturated rings.